The second-order valence-corrected chi connectivity index (χ2v) is 5.54. The molecule has 0 aliphatic carbocycles. The lowest BCUT2D eigenvalue weighted by Crippen LogP contribution is -2.41. The Morgan fingerprint density at radius 3 is 2.57 bits per heavy atom. The summed E-state index contributed by atoms with van der Waals surface area (Å²) in [5.74, 6) is 1.67. The molecule has 0 aliphatic heterocycles. The summed E-state index contributed by atoms with van der Waals surface area (Å²) in [5, 5.41) is 6.59. The Bertz CT molecular complexity index is 626. The molecule has 1 atom stereocenters. The van der Waals surface area contributed by atoms with Gasteiger partial charge < -0.3 is 15.4 Å². The van der Waals surface area contributed by atoms with Crippen LogP contribution in [0.25, 0.3) is 0 Å². The predicted molar refractivity (Wildman–Crippen MR) is 95.9 cm³/mol. The molecule has 1 unspecified atom stereocenters. The molecule has 0 heterocycles. The van der Waals surface area contributed by atoms with Crippen LogP contribution in [0, 0.1) is 6.92 Å². The number of nitrogens with zero attached hydrogens (tertiary/aromatic N) is 1. The molecule has 0 aliphatic rings. The average Bonchev–Trinajstić information content (AvgIpc) is 2.56. The van der Waals surface area contributed by atoms with Crippen molar-refractivity contribution in [3.63, 3.8) is 0 Å². The van der Waals surface area contributed by atoms with Gasteiger partial charge in [-0.25, -0.2) is 0 Å². The van der Waals surface area contributed by atoms with Crippen LogP contribution >= 0.6 is 0 Å². The maximum absolute atomic E-state index is 5.91. The van der Waals surface area contributed by atoms with E-state index in [0.717, 1.165) is 18.3 Å². The molecular weight excluding hydrogens is 286 g/mol. The van der Waals surface area contributed by atoms with Crippen molar-refractivity contribution in [3.8, 4) is 5.75 Å². The van der Waals surface area contributed by atoms with Crippen molar-refractivity contribution in [2.45, 2.75) is 26.5 Å². The van der Waals surface area contributed by atoms with E-state index in [-0.39, 0.29) is 6.10 Å². The highest BCUT2D eigenvalue weighted by atomic mass is 16.5. The van der Waals surface area contributed by atoms with Crippen LogP contribution in [0.1, 0.15) is 18.1 Å². The largest absolute Gasteiger partial charge is 0.489 e. The van der Waals surface area contributed by atoms with Crippen molar-refractivity contribution >= 4 is 5.96 Å². The van der Waals surface area contributed by atoms with E-state index in [0.29, 0.717) is 6.54 Å². The number of ether oxygens (including phenoxy) is 1. The maximum atomic E-state index is 5.91. The van der Waals surface area contributed by atoms with Crippen LogP contribution < -0.4 is 15.4 Å². The van der Waals surface area contributed by atoms with Crippen molar-refractivity contribution in [3.05, 3.63) is 65.7 Å². The first-order valence-corrected chi connectivity index (χ1v) is 7.89. The van der Waals surface area contributed by atoms with Gasteiger partial charge in [-0.1, -0.05) is 42.5 Å². The molecule has 2 aromatic carbocycles. The Labute approximate surface area is 138 Å². The van der Waals surface area contributed by atoms with Gasteiger partial charge in [-0.2, -0.15) is 0 Å². The van der Waals surface area contributed by atoms with E-state index in [9.17, 15) is 0 Å². The Kier molecular flexibility index (Phi) is 6.48. The number of aliphatic imine (C=N–C) groups is 1. The summed E-state index contributed by atoms with van der Waals surface area (Å²) in [6.45, 7) is 5.53. The fraction of sp³-hybridized carbons (Fsp3) is 0.316. The minimum atomic E-state index is 0.0482. The lowest BCUT2D eigenvalue weighted by Gasteiger charge is -2.18. The summed E-state index contributed by atoms with van der Waals surface area (Å²) in [4.78, 5) is 4.24. The van der Waals surface area contributed by atoms with Crippen molar-refractivity contribution in [1.29, 1.82) is 0 Å². The van der Waals surface area contributed by atoms with Gasteiger partial charge in [-0.3, -0.25) is 4.99 Å². The molecule has 122 valence electrons. The number of hydrogen-bond donors (Lipinski definition) is 2. The standard InChI is InChI=1S/C19H25N3O/c1-15-8-7-11-18(12-15)23-16(2)13-21-19(20-3)22-14-17-9-5-4-6-10-17/h4-12,16H,13-14H2,1-3H3,(H2,20,21,22). The van der Waals surface area contributed by atoms with Crippen LogP contribution in [0.4, 0.5) is 0 Å². The molecule has 2 aromatic rings. The lowest BCUT2D eigenvalue weighted by molar-refractivity contribution is 0.223. The average molecular weight is 311 g/mol. The van der Waals surface area contributed by atoms with Gasteiger partial charge >= 0.3 is 0 Å². The number of nitrogens with one attached hydrogen (secondary N) is 2. The molecule has 0 fully saturated rings. The zero-order chi connectivity index (χ0) is 16.5. The van der Waals surface area contributed by atoms with Crippen LogP contribution in [0.3, 0.4) is 0 Å². The van der Waals surface area contributed by atoms with Crippen LogP contribution in [-0.2, 0) is 6.54 Å². The predicted octanol–water partition coefficient (Wildman–Crippen LogP) is 3.13. The molecule has 23 heavy (non-hydrogen) atoms. The minimum absolute atomic E-state index is 0.0482. The monoisotopic (exact) mass is 311 g/mol. The SMILES string of the molecule is CN=C(NCc1ccccc1)NCC(C)Oc1cccc(C)c1. The Hall–Kier alpha value is -2.49. The zero-order valence-corrected chi connectivity index (χ0v) is 14.0. The molecule has 0 amide bonds. The minimum Gasteiger partial charge on any atom is -0.489 e. The fourth-order valence-electron chi connectivity index (χ4n) is 2.21. The molecule has 2 rings (SSSR count). The highest BCUT2D eigenvalue weighted by Crippen LogP contribution is 2.13. The summed E-state index contributed by atoms with van der Waals surface area (Å²) in [7, 11) is 1.77. The molecular formula is C19H25N3O. The third-order valence-electron chi connectivity index (χ3n) is 3.41. The summed E-state index contributed by atoms with van der Waals surface area (Å²) in [6, 6.07) is 18.3. The molecule has 0 saturated heterocycles. The van der Waals surface area contributed by atoms with Crippen LogP contribution in [0.2, 0.25) is 0 Å². The zero-order valence-electron chi connectivity index (χ0n) is 14.0. The van der Waals surface area contributed by atoms with Crippen LogP contribution in [-0.4, -0.2) is 25.7 Å². The van der Waals surface area contributed by atoms with E-state index in [1.165, 1.54) is 11.1 Å². The Morgan fingerprint density at radius 1 is 1.09 bits per heavy atom. The lowest BCUT2D eigenvalue weighted by atomic mass is 10.2. The maximum Gasteiger partial charge on any atom is 0.191 e. The third-order valence-corrected chi connectivity index (χ3v) is 3.41. The van der Waals surface area contributed by atoms with Gasteiger partial charge in [0.1, 0.15) is 11.9 Å². The van der Waals surface area contributed by atoms with E-state index >= 15 is 0 Å². The van der Waals surface area contributed by atoms with E-state index < -0.39 is 0 Å². The second-order valence-electron chi connectivity index (χ2n) is 5.54. The first-order valence-electron chi connectivity index (χ1n) is 7.89. The topological polar surface area (TPSA) is 45.7 Å². The van der Waals surface area contributed by atoms with Gasteiger partial charge in [0.25, 0.3) is 0 Å². The summed E-state index contributed by atoms with van der Waals surface area (Å²) in [5.41, 5.74) is 2.42. The molecule has 0 spiro atoms. The van der Waals surface area contributed by atoms with Crippen molar-refractivity contribution in [1.82, 2.24) is 10.6 Å². The highest BCUT2D eigenvalue weighted by molar-refractivity contribution is 5.79. The summed E-state index contributed by atoms with van der Waals surface area (Å²) in [6.07, 6.45) is 0.0482. The van der Waals surface area contributed by atoms with Crippen molar-refractivity contribution < 1.29 is 4.74 Å². The van der Waals surface area contributed by atoms with Crippen LogP contribution in [0.15, 0.2) is 59.6 Å². The van der Waals surface area contributed by atoms with Gasteiger partial charge in [0.2, 0.25) is 0 Å². The molecule has 2 N–H and O–H groups in total. The Morgan fingerprint density at radius 2 is 1.87 bits per heavy atom. The number of rotatable bonds is 6. The molecule has 0 aromatic heterocycles. The highest BCUT2D eigenvalue weighted by Gasteiger charge is 2.06. The smallest absolute Gasteiger partial charge is 0.191 e. The fourth-order valence-corrected chi connectivity index (χ4v) is 2.21. The molecule has 4 nitrogen and oxygen atoms in total. The summed E-state index contributed by atoms with van der Waals surface area (Å²) >= 11 is 0. The van der Waals surface area contributed by atoms with E-state index in [4.69, 9.17) is 4.74 Å². The van der Waals surface area contributed by atoms with Gasteiger partial charge in [0.15, 0.2) is 5.96 Å². The van der Waals surface area contributed by atoms with Crippen molar-refractivity contribution in [2.24, 2.45) is 4.99 Å². The van der Waals surface area contributed by atoms with Crippen molar-refractivity contribution in [2.75, 3.05) is 13.6 Å². The summed E-state index contributed by atoms with van der Waals surface area (Å²) < 4.78 is 5.91. The number of benzene rings is 2. The second kappa shape index (κ2) is 8.83. The molecule has 0 radical (unpaired) electrons. The van der Waals surface area contributed by atoms with Gasteiger partial charge in [0.05, 0.1) is 6.54 Å². The third kappa shape index (κ3) is 6.02. The first kappa shape index (κ1) is 16.9. The van der Waals surface area contributed by atoms with Gasteiger partial charge in [-0.05, 0) is 37.1 Å². The van der Waals surface area contributed by atoms with E-state index in [1.54, 1.807) is 7.05 Å². The normalized spacial score (nSPS) is 12.6. The number of guanidine groups is 1. The molecule has 4 heteroatoms. The van der Waals surface area contributed by atoms with Gasteiger partial charge in [0, 0.05) is 13.6 Å². The molecule has 0 saturated carbocycles. The number of hydrogen-bond acceptors (Lipinski definition) is 2. The molecule has 0 bridgehead atoms. The number of aryl methyl sites for hydroxylation is 1. The van der Waals surface area contributed by atoms with E-state index in [1.807, 2.05) is 43.3 Å². The van der Waals surface area contributed by atoms with E-state index in [2.05, 4.69) is 40.7 Å². The van der Waals surface area contributed by atoms with Gasteiger partial charge in [-0.15, -0.1) is 0 Å². The Balaban J connectivity index is 1.76. The first-order chi connectivity index (χ1) is 11.2. The van der Waals surface area contributed by atoms with Crippen LogP contribution in [0.5, 0.6) is 5.75 Å². The quantitative estimate of drug-likeness (QED) is 0.636.